The minimum Gasteiger partial charge on any atom is -0.337 e. The van der Waals surface area contributed by atoms with E-state index >= 15 is 0 Å². The SMILES string of the molecule is c1ccc(-c2ccc(N(c3ccccc3)c3ccc4c(c3)C3(c5ccccc5-c5ccccc53)c3cc(-c5ccc6c(c5)c5ccccc5n6C5CCCCC5)ccc3-4)cc2)cc1. The molecule has 2 nitrogen and oxygen atoms in total. The summed E-state index contributed by atoms with van der Waals surface area (Å²) in [5.74, 6) is 0. The van der Waals surface area contributed by atoms with E-state index in [-0.39, 0.29) is 0 Å². The van der Waals surface area contributed by atoms with Gasteiger partial charge in [0.2, 0.25) is 0 Å². The van der Waals surface area contributed by atoms with Crippen LogP contribution in [-0.2, 0) is 5.41 Å². The number of anilines is 3. The number of nitrogens with zero attached hydrogens (tertiary/aromatic N) is 2. The molecule has 13 rings (SSSR count). The fraction of sp³-hybridized carbons (Fsp3) is 0.115. The van der Waals surface area contributed by atoms with E-state index in [0.717, 1.165) is 17.1 Å². The number of fused-ring (bicyclic) bond motifs is 13. The predicted octanol–water partition coefficient (Wildman–Crippen LogP) is 16.4. The van der Waals surface area contributed by atoms with Crippen LogP contribution in [0.5, 0.6) is 0 Å². The van der Waals surface area contributed by atoms with E-state index in [4.69, 9.17) is 0 Å². The molecule has 3 aliphatic carbocycles. The average Bonchev–Trinajstić information content (AvgIpc) is 3.96. The standard InChI is InChI=1S/C61H46N2/c1-4-16-41(17-5-1)42-28-32-47(33-29-42)62(45-18-6-2-7-19-45)48-34-36-52-51-35-30-44(39-57(51)61(58(52)40-48)55-25-13-10-22-49(55)50-23-11-14-26-56(50)61)43-31-37-60-54(38-43)53-24-12-15-27-59(53)63(60)46-20-8-3-9-21-46/h1-2,4-7,10-19,22-40,46H,3,8-9,20-21H2. The summed E-state index contributed by atoms with van der Waals surface area (Å²) < 4.78 is 2.67. The van der Waals surface area contributed by atoms with Gasteiger partial charge in [-0.3, -0.25) is 0 Å². The lowest BCUT2D eigenvalue weighted by atomic mass is 9.70. The molecule has 300 valence electrons. The molecule has 0 atom stereocenters. The molecular weight excluding hydrogens is 761 g/mol. The Labute approximate surface area is 369 Å². The molecule has 10 aromatic rings. The van der Waals surface area contributed by atoms with Gasteiger partial charge in [-0.15, -0.1) is 0 Å². The Morgan fingerprint density at radius 1 is 0.349 bits per heavy atom. The molecule has 0 N–H and O–H groups in total. The zero-order valence-corrected chi connectivity index (χ0v) is 35.2. The maximum Gasteiger partial charge on any atom is 0.0726 e. The highest BCUT2D eigenvalue weighted by Gasteiger charge is 2.52. The number of aromatic nitrogens is 1. The number of hydrogen-bond acceptors (Lipinski definition) is 1. The third kappa shape index (κ3) is 5.44. The van der Waals surface area contributed by atoms with Gasteiger partial charge >= 0.3 is 0 Å². The van der Waals surface area contributed by atoms with Crippen molar-refractivity contribution in [2.45, 2.75) is 43.6 Å². The molecule has 1 aromatic heterocycles. The summed E-state index contributed by atoms with van der Waals surface area (Å²) in [5.41, 5.74) is 21.2. The van der Waals surface area contributed by atoms with Gasteiger partial charge in [0, 0.05) is 44.9 Å². The molecular formula is C61H46N2. The summed E-state index contributed by atoms with van der Waals surface area (Å²) >= 11 is 0. The minimum atomic E-state index is -0.496. The first-order valence-corrected chi connectivity index (χ1v) is 22.8. The molecule has 0 aliphatic heterocycles. The molecule has 0 bridgehead atoms. The zero-order valence-electron chi connectivity index (χ0n) is 35.2. The van der Waals surface area contributed by atoms with Crippen molar-refractivity contribution in [1.82, 2.24) is 4.57 Å². The van der Waals surface area contributed by atoms with Crippen molar-refractivity contribution in [2.24, 2.45) is 0 Å². The first-order valence-electron chi connectivity index (χ1n) is 22.8. The van der Waals surface area contributed by atoms with E-state index < -0.39 is 5.41 Å². The van der Waals surface area contributed by atoms with E-state index in [2.05, 4.69) is 222 Å². The van der Waals surface area contributed by atoms with Gasteiger partial charge in [0.25, 0.3) is 0 Å². The summed E-state index contributed by atoms with van der Waals surface area (Å²) in [6.07, 6.45) is 6.51. The van der Waals surface area contributed by atoms with Crippen molar-refractivity contribution in [3.63, 3.8) is 0 Å². The number of hydrogen-bond donors (Lipinski definition) is 0. The third-order valence-electron chi connectivity index (χ3n) is 14.6. The highest BCUT2D eigenvalue weighted by molar-refractivity contribution is 6.09. The Morgan fingerprint density at radius 3 is 1.60 bits per heavy atom. The summed E-state index contributed by atoms with van der Waals surface area (Å²) in [6, 6.07) is 80.3. The lowest BCUT2D eigenvalue weighted by Crippen LogP contribution is -2.26. The van der Waals surface area contributed by atoms with Crippen molar-refractivity contribution in [3.8, 4) is 44.5 Å². The minimum absolute atomic E-state index is 0.496. The van der Waals surface area contributed by atoms with Crippen molar-refractivity contribution in [3.05, 3.63) is 235 Å². The summed E-state index contributed by atoms with van der Waals surface area (Å²) in [4.78, 5) is 2.42. The van der Waals surface area contributed by atoms with Gasteiger partial charge in [0.05, 0.1) is 5.41 Å². The normalized spacial score (nSPS) is 14.7. The Balaban J connectivity index is 1.01. The molecule has 1 spiro atoms. The molecule has 2 heteroatoms. The Kier molecular flexibility index (Phi) is 8.24. The second-order valence-electron chi connectivity index (χ2n) is 17.8. The van der Waals surface area contributed by atoms with Crippen molar-refractivity contribution in [1.29, 1.82) is 0 Å². The first-order chi connectivity index (χ1) is 31.3. The van der Waals surface area contributed by atoms with Crippen LogP contribution in [0.25, 0.3) is 66.3 Å². The molecule has 0 unspecified atom stereocenters. The van der Waals surface area contributed by atoms with Gasteiger partial charge < -0.3 is 9.47 Å². The van der Waals surface area contributed by atoms with E-state index in [0.29, 0.717) is 6.04 Å². The van der Waals surface area contributed by atoms with Gasteiger partial charge in [0.1, 0.15) is 0 Å². The van der Waals surface area contributed by atoms with Crippen molar-refractivity contribution < 1.29 is 0 Å². The first kappa shape index (κ1) is 36.3. The van der Waals surface area contributed by atoms with Crippen LogP contribution in [0.3, 0.4) is 0 Å². The molecule has 1 fully saturated rings. The lowest BCUT2D eigenvalue weighted by molar-refractivity contribution is 0.367. The average molecular weight is 807 g/mol. The zero-order chi connectivity index (χ0) is 41.5. The quantitative estimate of drug-likeness (QED) is 0.162. The second kappa shape index (κ2) is 14.3. The number of benzene rings is 9. The molecule has 0 amide bonds. The van der Waals surface area contributed by atoms with Gasteiger partial charge in [0.15, 0.2) is 0 Å². The third-order valence-corrected chi connectivity index (χ3v) is 14.6. The molecule has 63 heavy (non-hydrogen) atoms. The monoisotopic (exact) mass is 806 g/mol. The van der Waals surface area contributed by atoms with Crippen LogP contribution in [0.4, 0.5) is 17.1 Å². The largest absolute Gasteiger partial charge is 0.337 e. The summed E-state index contributed by atoms with van der Waals surface area (Å²) in [5, 5.41) is 2.71. The molecule has 1 saturated carbocycles. The Bertz CT molecular complexity index is 3320. The van der Waals surface area contributed by atoms with Gasteiger partial charge in [-0.05, 0) is 140 Å². The number of rotatable bonds is 6. The lowest BCUT2D eigenvalue weighted by Gasteiger charge is -2.32. The summed E-state index contributed by atoms with van der Waals surface area (Å²) in [6.45, 7) is 0. The van der Waals surface area contributed by atoms with Crippen LogP contribution >= 0.6 is 0 Å². The van der Waals surface area contributed by atoms with Crippen LogP contribution in [0.1, 0.15) is 60.4 Å². The smallest absolute Gasteiger partial charge is 0.0726 e. The fourth-order valence-electron chi connectivity index (χ4n) is 11.8. The maximum atomic E-state index is 2.67. The molecule has 0 radical (unpaired) electrons. The second-order valence-corrected chi connectivity index (χ2v) is 17.8. The molecule has 1 heterocycles. The maximum absolute atomic E-state index is 2.67. The van der Waals surface area contributed by atoms with Crippen molar-refractivity contribution in [2.75, 3.05) is 4.90 Å². The van der Waals surface area contributed by atoms with E-state index in [1.165, 1.54) is 121 Å². The Hall–Kier alpha value is -7.42. The molecule has 3 aliphatic rings. The molecule has 9 aromatic carbocycles. The van der Waals surface area contributed by atoms with E-state index in [1.807, 2.05) is 0 Å². The number of para-hydroxylation sites is 2. The Morgan fingerprint density at radius 2 is 0.857 bits per heavy atom. The molecule has 0 saturated heterocycles. The van der Waals surface area contributed by atoms with Gasteiger partial charge in [-0.25, -0.2) is 0 Å². The highest BCUT2D eigenvalue weighted by Crippen LogP contribution is 2.64. The fourth-order valence-corrected chi connectivity index (χ4v) is 11.8. The van der Waals surface area contributed by atoms with Crippen molar-refractivity contribution >= 4 is 38.9 Å². The topological polar surface area (TPSA) is 8.17 Å². The predicted molar refractivity (Wildman–Crippen MR) is 263 cm³/mol. The van der Waals surface area contributed by atoms with Gasteiger partial charge in [-0.2, -0.15) is 0 Å². The van der Waals surface area contributed by atoms with Crippen LogP contribution < -0.4 is 4.90 Å². The van der Waals surface area contributed by atoms with Crippen LogP contribution in [0, 0.1) is 0 Å². The highest BCUT2D eigenvalue weighted by atomic mass is 15.1. The van der Waals surface area contributed by atoms with Gasteiger partial charge in [-0.1, -0.05) is 171 Å². The van der Waals surface area contributed by atoms with E-state index in [1.54, 1.807) is 0 Å². The van der Waals surface area contributed by atoms with Crippen LogP contribution in [0.15, 0.2) is 212 Å². The van der Waals surface area contributed by atoms with Crippen LogP contribution in [0.2, 0.25) is 0 Å². The van der Waals surface area contributed by atoms with E-state index in [9.17, 15) is 0 Å². The summed E-state index contributed by atoms with van der Waals surface area (Å²) in [7, 11) is 0. The van der Waals surface area contributed by atoms with Crippen LogP contribution in [-0.4, -0.2) is 4.57 Å².